The van der Waals surface area contributed by atoms with E-state index in [1.807, 2.05) is 12.3 Å². The van der Waals surface area contributed by atoms with Gasteiger partial charge in [0.15, 0.2) is 0 Å². The Morgan fingerprint density at radius 2 is 2.22 bits per heavy atom. The van der Waals surface area contributed by atoms with Crippen LogP contribution < -0.4 is 10.6 Å². The first-order valence-corrected chi connectivity index (χ1v) is 6.85. The Morgan fingerprint density at radius 3 is 2.89 bits per heavy atom. The first-order valence-electron chi connectivity index (χ1n) is 6.85. The fraction of sp³-hybridized carbons (Fsp3) is 0.692. The summed E-state index contributed by atoms with van der Waals surface area (Å²) in [5, 5.41) is 10.6. The number of carbonyl (C=O) groups excluding carboxylic acids is 1. The van der Waals surface area contributed by atoms with Crippen molar-refractivity contribution in [2.24, 2.45) is 5.92 Å². The molecule has 1 amide bonds. The molecular formula is C13H20N4O. The third-order valence-corrected chi connectivity index (χ3v) is 3.96. The molecule has 2 aliphatic rings. The predicted octanol–water partition coefficient (Wildman–Crippen LogP) is 0.834. The lowest BCUT2D eigenvalue weighted by Crippen LogP contribution is -2.50. The molecule has 1 aromatic heterocycles. The second kappa shape index (κ2) is 5.10. The topological polar surface area (TPSA) is 59.0 Å². The molecule has 5 heteroatoms. The van der Waals surface area contributed by atoms with Crippen molar-refractivity contribution in [1.82, 2.24) is 20.4 Å². The first kappa shape index (κ1) is 11.7. The molecule has 3 rings (SSSR count). The largest absolute Gasteiger partial charge is 0.350 e. The van der Waals surface area contributed by atoms with E-state index >= 15 is 0 Å². The van der Waals surface area contributed by atoms with Crippen molar-refractivity contribution in [3.63, 3.8) is 0 Å². The molecular weight excluding hydrogens is 228 g/mol. The lowest BCUT2D eigenvalue weighted by atomic mass is 10.0. The summed E-state index contributed by atoms with van der Waals surface area (Å²) in [5.74, 6) is 0.297. The highest BCUT2D eigenvalue weighted by Gasteiger charge is 2.24. The zero-order valence-electron chi connectivity index (χ0n) is 10.6. The van der Waals surface area contributed by atoms with Crippen molar-refractivity contribution < 1.29 is 4.79 Å². The zero-order chi connectivity index (χ0) is 12.4. The van der Waals surface area contributed by atoms with Gasteiger partial charge in [-0.05, 0) is 18.9 Å². The minimum Gasteiger partial charge on any atom is -0.350 e. The van der Waals surface area contributed by atoms with E-state index in [-0.39, 0.29) is 11.8 Å². The van der Waals surface area contributed by atoms with Crippen molar-refractivity contribution in [2.75, 3.05) is 13.1 Å². The van der Waals surface area contributed by atoms with Crippen molar-refractivity contribution in [1.29, 1.82) is 0 Å². The smallest absolute Gasteiger partial charge is 0.226 e. The molecule has 2 N–H and O–H groups in total. The van der Waals surface area contributed by atoms with E-state index < -0.39 is 0 Å². The van der Waals surface area contributed by atoms with Crippen LogP contribution in [0.1, 0.15) is 37.4 Å². The van der Waals surface area contributed by atoms with Gasteiger partial charge < -0.3 is 10.6 Å². The molecule has 2 heterocycles. The Bertz CT molecular complexity index is 418. The van der Waals surface area contributed by atoms with Crippen molar-refractivity contribution in [3.05, 3.63) is 18.0 Å². The summed E-state index contributed by atoms with van der Waals surface area (Å²) in [6.07, 6.45) is 7.14. The van der Waals surface area contributed by atoms with Crippen LogP contribution in [0.5, 0.6) is 0 Å². The summed E-state index contributed by atoms with van der Waals surface area (Å²) in [7, 11) is 0. The molecule has 1 saturated heterocycles. The highest BCUT2D eigenvalue weighted by atomic mass is 16.2. The minimum atomic E-state index is 0.143. The molecule has 0 bridgehead atoms. The summed E-state index contributed by atoms with van der Waals surface area (Å²) in [6, 6.07) is 2.59. The minimum absolute atomic E-state index is 0.143. The number of amides is 1. The number of hydrogen-bond donors (Lipinski definition) is 2. The lowest BCUT2D eigenvalue weighted by molar-refractivity contribution is -0.126. The number of carbonyl (C=O) groups is 1. The molecule has 0 unspecified atom stereocenters. The molecule has 0 radical (unpaired) electrons. The van der Waals surface area contributed by atoms with Gasteiger partial charge in [0.05, 0.1) is 24.2 Å². The van der Waals surface area contributed by atoms with E-state index in [2.05, 4.69) is 20.4 Å². The Morgan fingerprint density at radius 1 is 1.44 bits per heavy atom. The summed E-state index contributed by atoms with van der Waals surface area (Å²) in [6.45, 7) is 2.17. The third-order valence-electron chi connectivity index (χ3n) is 3.96. The number of aromatic nitrogens is 2. The van der Waals surface area contributed by atoms with Gasteiger partial charge in [-0.1, -0.05) is 12.8 Å². The van der Waals surface area contributed by atoms with Crippen LogP contribution in [0.15, 0.2) is 12.3 Å². The molecule has 1 aromatic rings. The van der Waals surface area contributed by atoms with E-state index in [0.717, 1.165) is 18.8 Å². The van der Waals surface area contributed by atoms with Crippen LogP contribution in [0.25, 0.3) is 0 Å². The summed E-state index contributed by atoms with van der Waals surface area (Å²) in [5.41, 5.74) is 0.961. The SMILES string of the molecule is O=C(NCc1ccn(C2CCCC2)n1)C1CNC1. The Hall–Kier alpha value is -1.36. The summed E-state index contributed by atoms with van der Waals surface area (Å²) < 4.78 is 2.07. The van der Waals surface area contributed by atoms with Gasteiger partial charge in [-0.15, -0.1) is 0 Å². The second-order valence-electron chi connectivity index (χ2n) is 5.30. The normalized spacial score (nSPS) is 20.9. The average molecular weight is 248 g/mol. The average Bonchev–Trinajstić information content (AvgIpc) is 2.94. The number of hydrogen-bond acceptors (Lipinski definition) is 3. The quantitative estimate of drug-likeness (QED) is 0.830. The zero-order valence-corrected chi connectivity index (χ0v) is 10.6. The molecule has 0 spiro atoms. The van der Waals surface area contributed by atoms with Crippen LogP contribution in [0, 0.1) is 5.92 Å². The monoisotopic (exact) mass is 248 g/mol. The van der Waals surface area contributed by atoms with Crippen LogP contribution in [-0.2, 0) is 11.3 Å². The van der Waals surface area contributed by atoms with Crippen molar-refractivity contribution >= 4 is 5.91 Å². The van der Waals surface area contributed by atoms with Gasteiger partial charge in [-0.3, -0.25) is 9.48 Å². The molecule has 2 fully saturated rings. The maximum Gasteiger partial charge on any atom is 0.226 e. The molecule has 98 valence electrons. The predicted molar refractivity (Wildman–Crippen MR) is 67.9 cm³/mol. The Balaban J connectivity index is 1.51. The van der Waals surface area contributed by atoms with Crippen molar-refractivity contribution in [3.8, 4) is 0 Å². The van der Waals surface area contributed by atoms with Crippen molar-refractivity contribution in [2.45, 2.75) is 38.3 Å². The molecule has 0 atom stereocenters. The van der Waals surface area contributed by atoms with E-state index in [1.165, 1.54) is 25.7 Å². The highest BCUT2D eigenvalue weighted by Crippen LogP contribution is 2.28. The first-order chi connectivity index (χ1) is 8.83. The summed E-state index contributed by atoms with van der Waals surface area (Å²) >= 11 is 0. The standard InChI is InChI=1S/C13H20N4O/c18-13(10-7-14-8-10)15-9-11-5-6-17(16-11)12-3-1-2-4-12/h5-6,10,12,14H,1-4,7-9H2,(H,15,18). The number of nitrogens with one attached hydrogen (secondary N) is 2. The van der Waals surface area contributed by atoms with E-state index in [4.69, 9.17) is 0 Å². The molecule has 0 aromatic carbocycles. The number of rotatable bonds is 4. The lowest BCUT2D eigenvalue weighted by Gasteiger charge is -2.25. The van der Waals surface area contributed by atoms with Gasteiger partial charge in [0.1, 0.15) is 0 Å². The van der Waals surface area contributed by atoms with Crippen LogP contribution in [0.4, 0.5) is 0 Å². The maximum absolute atomic E-state index is 11.7. The third kappa shape index (κ3) is 2.41. The Labute approximate surface area is 107 Å². The van der Waals surface area contributed by atoms with Gasteiger partial charge >= 0.3 is 0 Å². The van der Waals surface area contributed by atoms with Gasteiger partial charge in [-0.2, -0.15) is 5.10 Å². The Kier molecular flexibility index (Phi) is 3.32. The fourth-order valence-corrected chi connectivity index (χ4v) is 2.64. The van der Waals surface area contributed by atoms with Crippen LogP contribution in [-0.4, -0.2) is 28.8 Å². The molecule has 5 nitrogen and oxygen atoms in total. The van der Waals surface area contributed by atoms with Crippen LogP contribution in [0.3, 0.4) is 0 Å². The van der Waals surface area contributed by atoms with Crippen LogP contribution >= 0.6 is 0 Å². The van der Waals surface area contributed by atoms with Crippen LogP contribution in [0.2, 0.25) is 0 Å². The second-order valence-corrected chi connectivity index (χ2v) is 5.30. The molecule has 1 aliphatic carbocycles. The van der Waals surface area contributed by atoms with Gasteiger partial charge in [0.2, 0.25) is 5.91 Å². The molecule has 1 saturated carbocycles. The van der Waals surface area contributed by atoms with E-state index in [9.17, 15) is 4.79 Å². The molecule has 18 heavy (non-hydrogen) atoms. The highest BCUT2D eigenvalue weighted by molar-refractivity contribution is 5.79. The molecule has 1 aliphatic heterocycles. The van der Waals surface area contributed by atoms with Gasteiger partial charge in [-0.25, -0.2) is 0 Å². The number of nitrogens with zero attached hydrogens (tertiary/aromatic N) is 2. The van der Waals surface area contributed by atoms with Gasteiger partial charge in [0.25, 0.3) is 0 Å². The summed E-state index contributed by atoms with van der Waals surface area (Å²) in [4.78, 5) is 11.7. The fourth-order valence-electron chi connectivity index (χ4n) is 2.64. The van der Waals surface area contributed by atoms with Gasteiger partial charge in [0, 0.05) is 19.3 Å². The maximum atomic E-state index is 11.7. The van der Waals surface area contributed by atoms with E-state index in [0.29, 0.717) is 12.6 Å². The van der Waals surface area contributed by atoms with E-state index in [1.54, 1.807) is 0 Å².